The minimum atomic E-state index is -0.782. The smallest absolute Gasteiger partial charge is 0.306 e. The summed E-state index contributed by atoms with van der Waals surface area (Å²) in [7, 11) is 0. The molecule has 0 aliphatic carbocycles. The summed E-state index contributed by atoms with van der Waals surface area (Å²) in [5, 5.41) is 0. The maximum absolute atomic E-state index is 13.0. The second-order valence-electron chi connectivity index (χ2n) is 23.4. The van der Waals surface area contributed by atoms with Crippen molar-refractivity contribution in [2.75, 3.05) is 13.2 Å². The highest BCUT2D eigenvalue weighted by molar-refractivity contribution is 5.71. The maximum atomic E-state index is 13.0. The van der Waals surface area contributed by atoms with Gasteiger partial charge in [0.2, 0.25) is 0 Å². The van der Waals surface area contributed by atoms with E-state index < -0.39 is 6.10 Å². The molecule has 0 aromatic heterocycles. The van der Waals surface area contributed by atoms with Gasteiger partial charge in [-0.15, -0.1) is 0 Å². The molecule has 6 heteroatoms. The lowest BCUT2D eigenvalue weighted by Crippen LogP contribution is -2.30. The normalized spacial score (nSPS) is 12.7. The molecule has 0 saturated carbocycles. The largest absolute Gasteiger partial charge is 0.462 e. The van der Waals surface area contributed by atoms with Crippen LogP contribution in [0, 0.1) is 0 Å². The van der Waals surface area contributed by atoms with Gasteiger partial charge in [0.1, 0.15) is 13.2 Å². The van der Waals surface area contributed by atoms with E-state index in [1.54, 1.807) is 0 Å². The third-order valence-corrected chi connectivity index (χ3v) is 15.3. The van der Waals surface area contributed by atoms with E-state index in [1.807, 2.05) is 0 Å². The summed E-state index contributed by atoms with van der Waals surface area (Å²) in [5.41, 5.74) is 0. The highest BCUT2D eigenvalue weighted by atomic mass is 16.6. The van der Waals surface area contributed by atoms with Gasteiger partial charge in [0.25, 0.3) is 0 Å². The second kappa shape index (κ2) is 69.8. The number of hydrogen-bond donors (Lipinski definition) is 0. The van der Waals surface area contributed by atoms with E-state index in [1.165, 1.54) is 199 Å². The lowest BCUT2D eigenvalue weighted by Gasteiger charge is -2.18. The summed E-state index contributed by atoms with van der Waals surface area (Å²) in [6.07, 6.45) is 94.3. The van der Waals surface area contributed by atoms with Crippen molar-refractivity contribution in [2.45, 2.75) is 354 Å². The molecular formula is C76H132O6. The Balaban J connectivity index is 4.27. The predicted molar refractivity (Wildman–Crippen MR) is 357 cm³/mol. The first-order chi connectivity index (χ1) is 40.5. The first-order valence-corrected chi connectivity index (χ1v) is 35.2. The molecule has 82 heavy (non-hydrogen) atoms. The lowest BCUT2D eigenvalue weighted by atomic mass is 10.0. The van der Waals surface area contributed by atoms with Crippen LogP contribution in [-0.4, -0.2) is 37.2 Å². The number of hydrogen-bond acceptors (Lipinski definition) is 6. The van der Waals surface area contributed by atoms with Crippen molar-refractivity contribution in [1.29, 1.82) is 0 Å². The first-order valence-electron chi connectivity index (χ1n) is 35.2. The van der Waals surface area contributed by atoms with Crippen LogP contribution in [0.5, 0.6) is 0 Å². The molecule has 0 N–H and O–H groups in total. The monoisotopic (exact) mass is 1140 g/mol. The molecule has 0 aromatic carbocycles. The van der Waals surface area contributed by atoms with Gasteiger partial charge >= 0.3 is 17.9 Å². The van der Waals surface area contributed by atoms with Crippen molar-refractivity contribution in [3.05, 3.63) is 97.2 Å². The molecule has 1 unspecified atom stereocenters. The van der Waals surface area contributed by atoms with Crippen LogP contribution in [0.1, 0.15) is 348 Å². The Labute approximate surface area is 508 Å². The fourth-order valence-corrected chi connectivity index (χ4v) is 10.1. The molecule has 0 aromatic rings. The standard InChI is InChI=1S/C76H132O6/c1-4-7-10-13-16-19-22-25-27-29-31-33-35-37-38-40-41-43-45-47-49-51-54-57-60-63-66-69-75(78)81-72-73(71-80-74(77)68-65-62-59-56-53-24-21-18-15-12-9-6-3)82-76(79)70-67-64-61-58-55-52-50-48-46-44-42-39-36-34-32-30-28-26-23-20-17-14-11-8-5-2/h8,11,17,20,22,25-26,28-29,31-32,34-35,37,39,42,73H,4-7,9-10,12-16,18-19,21,23-24,27,30,33,36,38,40-41,43-72H2,1-3H3/b11-8-,20-17-,25-22-,28-26-,31-29-,34-32-,37-35-,42-39-. The Morgan fingerprint density at radius 1 is 0.256 bits per heavy atom. The Morgan fingerprint density at radius 2 is 0.476 bits per heavy atom. The number of unbranched alkanes of at least 4 members (excludes halogenated alkanes) is 37. The number of carbonyl (C=O) groups is 3. The summed E-state index contributed by atoms with van der Waals surface area (Å²) in [4.78, 5) is 38.4. The fourth-order valence-electron chi connectivity index (χ4n) is 10.1. The molecule has 0 bridgehead atoms. The van der Waals surface area contributed by atoms with Gasteiger partial charge in [-0.1, -0.05) is 323 Å². The summed E-state index contributed by atoms with van der Waals surface area (Å²) in [5.74, 6) is -0.870. The number of carbonyl (C=O) groups excluding carboxylic acids is 3. The first kappa shape index (κ1) is 78.3. The second-order valence-corrected chi connectivity index (χ2v) is 23.4. The Hall–Kier alpha value is -3.67. The molecule has 6 nitrogen and oxygen atoms in total. The zero-order chi connectivity index (χ0) is 59.2. The molecule has 0 heterocycles. The van der Waals surface area contributed by atoms with Crippen molar-refractivity contribution in [3.63, 3.8) is 0 Å². The van der Waals surface area contributed by atoms with Crippen LogP contribution < -0.4 is 0 Å². The molecule has 0 amide bonds. The number of rotatable bonds is 64. The quantitative estimate of drug-likeness (QED) is 0.0261. The van der Waals surface area contributed by atoms with Crippen molar-refractivity contribution in [1.82, 2.24) is 0 Å². The molecule has 1 atom stereocenters. The Morgan fingerprint density at radius 3 is 0.744 bits per heavy atom. The van der Waals surface area contributed by atoms with Gasteiger partial charge in [-0.25, -0.2) is 0 Å². The molecular weight excluding hydrogens is 1010 g/mol. The molecule has 0 rings (SSSR count). The summed E-state index contributed by atoms with van der Waals surface area (Å²) in [6.45, 7) is 6.55. The average Bonchev–Trinajstić information content (AvgIpc) is 3.47. The highest BCUT2D eigenvalue weighted by Crippen LogP contribution is 2.17. The summed E-state index contributed by atoms with van der Waals surface area (Å²) < 4.78 is 17.0. The fraction of sp³-hybridized carbons (Fsp3) is 0.750. The van der Waals surface area contributed by atoms with Gasteiger partial charge in [0, 0.05) is 19.3 Å². The van der Waals surface area contributed by atoms with Crippen LogP contribution in [0.15, 0.2) is 97.2 Å². The van der Waals surface area contributed by atoms with Crippen molar-refractivity contribution >= 4 is 17.9 Å². The molecule has 0 aliphatic heterocycles. The Bertz CT molecular complexity index is 1590. The van der Waals surface area contributed by atoms with Gasteiger partial charge in [-0.2, -0.15) is 0 Å². The Kier molecular flexibility index (Phi) is 66.7. The summed E-state index contributed by atoms with van der Waals surface area (Å²) >= 11 is 0. The van der Waals surface area contributed by atoms with E-state index in [9.17, 15) is 14.4 Å². The molecule has 472 valence electrons. The van der Waals surface area contributed by atoms with E-state index in [0.29, 0.717) is 19.3 Å². The van der Waals surface area contributed by atoms with E-state index in [0.717, 1.165) is 109 Å². The van der Waals surface area contributed by atoms with Crippen molar-refractivity contribution in [2.24, 2.45) is 0 Å². The van der Waals surface area contributed by atoms with Gasteiger partial charge < -0.3 is 14.2 Å². The van der Waals surface area contributed by atoms with E-state index in [2.05, 4.69) is 118 Å². The van der Waals surface area contributed by atoms with Crippen LogP contribution in [0.4, 0.5) is 0 Å². The van der Waals surface area contributed by atoms with Crippen LogP contribution in [0.3, 0.4) is 0 Å². The van der Waals surface area contributed by atoms with Gasteiger partial charge in [-0.3, -0.25) is 14.4 Å². The topological polar surface area (TPSA) is 78.9 Å². The van der Waals surface area contributed by atoms with Crippen LogP contribution in [0.2, 0.25) is 0 Å². The van der Waals surface area contributed by atoms with Gasteiger partial charge in [0.15, 0.2) is 6.10 Å². The third-order valence-electron chi connectivity index (χ3n) is 15.3. The van der Waals surface area contributed by atoms with Crippen LogP contribution in [-0.2, 0) is 28.6 Å². The molecule has 0 aliphatic rings. The average molecular weight is 1140 g/mol. The zero-order valence-corrected chi connectivity index (χ0v) is 54.2. The van der Waals surface area contributed by atoms with Crippen molar-refractivity contribution in [3.8, 4) is 0 Å². The van der Waals surface area contributed by atoms with Crippen LogP contribution >= 0.6 is 0 Å². The van der Waals surface area contributed by atoms with Crippen LogP contribution in [0.25, 0.3) is 0 Å². The molecule has 0 spiro atoms. The summed E-state index contributed by atoms with van der Waals surface area (Å²) in [6, 6.07) is 0. The molecule has 0 saturated heterocycles. The highest BCUT2D eigenvalue weighted by Gasteiger charge is 2.19. The number of allylic oxidation sites excluding steroid dienone is 16. The number of esters is 3. The van der Waals surface area contributed by atoms with E-state index in [-0.39, 0.29) is 31.1 Å². The van der Waals surface area contributed by atoms with Gasteiger partial charge in [0.05, 0.1) is 0 Å². The van der Waals surface area contributed by atoms with E-state index in [4.69, 9.17) is 14.2 Å². The van der Waals surface area contributed by atoms with E-state index >= 15 is 0 Å². The molecule has 0 fully saturated rings. The zero-order valence-electron chi connectivity index (χ0n) is 54.2. The minimum absolute atomic E-state index is 0.0771. The van der Waals surface area contributed by atoms with Crippen molar-refractivity contribution < 1.29 is 28.6 Å². The predicted octanol–water partition coefficient (Wildman–Crippen LogP) is 24.4. The SMILES string of the molecule is CC/C=C\C/C=C\C/C=C\C/C=C\C/C=C\CCCCCCCCCCCC(=O)OC(COC(=O)CCCCCCCCCCCCCC)COC(=O)CCCCCCCCCCCCCC/C=C\C/C=C\C/C=C\CCCCCCC. The van der Waals surface area contributed by atoms with Gasteiger partial charge in [-0.05, 0) is 103 Å². The third kappa shape index (κ3) is 67.1. The maximum Gasteiger partial charge on any atom is 0.306 e. The molecule has 0 radical (unpaired) electrons. The lowest BCUT2D eigenvalue weighted by molar-refractivity contribution is -0.167. The number of ether oxygens (including phenoxy) is 3. The minimum Gasteiger partial charge on any atom is -0.462 e.